The van der Waals surface area contributed by atoms with Crippen LogP contribution in [0.3, 0.4) is 0 Å². The molecule has 0 saturated carbocycles. The average Bonchev–Trinajstić information content (AvgIpc) is 3.04. The SMILES string of the molecule is CC(C)C(C)NC(=NCc1ccccc1)NCC1CCOC1. The Labute approximate surface area is 134 Å². The first kappa shape index (κ1) is 16.8. The van der Waals surface area contributed by atoms with Gasteiger partial charge in [0.2, 0.25) is 0 Å². The molecule has 2 N–H and O–H groups in total. The number of aliphatic imine (C=N–C) groups is 1. The quantitative estimate of drug-likeness (QED) is 0.627. The van der Waals surface area contributed by atoms with Crippen LogP contribution in [-0.4, -0.2) is 31.8 Å². The minimum atomic E-state index is 0.391. The molecular weight excluding hydrogens is 274 g/mol. The van der Waals surface area contributed by atoms with Crippen LogP contribution in [0.25, 0.3) is 0 Å². The smallest absolute Gasteiger partial charge is 0.191 e. The van der Waals surface area contributed by atoms with E-state index in [1.165, 1.54) is 5.56 Å². The van der Waals surface area contributed by atoms with Crippen molar-refractivity contribution in [1.82, 2.24) is 10.6 Å². The predicted molar refractivity (Wildman–Crippen MR) is 91.9 cm³/mol. The van der Waals surface area contributed by atoms with Gasteiger partial charge in [0.15, 0.2) is 5.96 Å². The highest BCUT2D eigenvalue weighted by atomic mass is 16.5. The van der Waals surface area contributed by atoms with Crippen molar-refractivity contribution >= 4 is 5.96 Å². The van der Waals surface area contributed by atoms with Crippen LogP contribution in [0.2, 0.25) is 0 Å². The second-order valence-corrected chi connectivity index (χ2v) is 6.44. The van der Waals surface area contributed by atoms with Crippen molar-refractivity contribution in [3.8, 4) is 0 Å². The van der Waals surface area contributed by atoms with Gasteiger partial charge in [0.25, 0.3) is 0 Å². The summed E-state index contributed by atoms with van der Waals surface area (Å²) < 4.78 is 5.44. The van der Waals surface area contributed by atoms with E-state index in [1.807, 2.05) is 6.07 Å². The van der Waals surface area contributed by atoms with Gasteiger partial charge in [0.1, 0.15) is 0 Å². The van der Waals surface area contributed by atoms with Crippen molar-refractivity contribution in [2.24, 2.45) is 16.8 Å². The summed E-state index contributed by atoms with van der Waals surface area (Å²) in [4.78, 5) is 4.73. The average molecular weight is 303 g/mol. The zero-order valence-corrected chi connectivity index (χ0v) is 14.0. The van der Waals surface area contributed by atoms with E-state index in [4.69, 9.17) is 9.73 Å². The Balaban J connectivity index is 1.93. The van der Waals surface area contributed by atoms with Gasteiger partial charge >= 0.3 is 0 Å². The van der Waals surface area contributed by atoms with Gasteiger partial charge in [0.05, 0.1) is 13.2 Å². The molecule has 4 heteroatoms. The lowest BCUT2D eigenvalue weighted by Gasteiger charge is -2.22. The molecule has 1 aromatic rings. The van der Waals surface area contributed by atoms with E-state index in [0.29, 0.717) is 24.4 Å². The molecule has 0 radical (unpaired) electrons. The summed E-state index contributed by atoms with van der Waals surface area (Å²) in [5.74, 6) is 2.06. The summed E-state index contributed by atoms with van der Waals surface area (Å²) >= 11 is 0. The van der Waals surface area contributed by atoms with Gasteiger partial charge in [-0.15, -0.1) is 0 Å². The number of guanidine groups is 1. The van der Waals surface area contributed by atoms with E-state index < -0.39 is 0 Å². The number of rotatable bonds is 6. The van der Waals surface area contributed by atoms with E-state index in [0.717, 1.165) is 32.1 Å². The van der Waals surface area contributed by atoms with E-state index >= 15 is 0 Å². The van der Waals surface area contributed by atoms with Gasteiger partial charge in [-0.25, -0.2) is 4.99 Å². The minimum Gasteiger partial charge on any atom is -0.381 e. The van der Waals surface area contributed by atoms with Crippen LogP contribution >= 0.6 is 0 Å². The lowest BCUT2D eigenvalue weighted by Crippen LogP contribution is -2.45. The fourth-order valence-electron chi connectivity index (χ4n) is 2.27. The highest BCUT2D eigenvalue weighted by Crippen LogP contribution is 2.10. The number of nitrogens with one attached hydrogen (secondary N) is 2. The van der Waals surface area contributed by atoms with E-state index in [-0.39, 0.29) is 0 Å². The van der Waals surface area contributed by atoms with Gasteiger partial charge in [-0.1, -0.05) is 44.2 Å². The van der Waals surface area contributed by atoms with Crippen molar-refractivity contribution in [1.29, 1.82) is 0 Å². The summed E-state index contributed by atoms with van der Waals surface area (Å²) in [6.45, 7) is 10.0. The Morgan fingerprint density at radius 3 is 2.68 bits per heavy atom. The molecule has 1 aromatic carbocycles. The van der Waals surface area contributed by atoms with Crippen LogP contribution in [0.15, 0.2) is 35.3 Å². The van der Waals surface area contributed by atoms with Crippen molar-refractivity contribution in [2.45, 2.75) is 39.8 Å². The van der Waals surface area contributed by atoms with Gasteiger partial charge in [-0.05, 0) is 24.8 Å². The monoisotopic (exact) mass is 303 g/mol. The van der Waals surface area contributed by atoms with E-state index in [1.54, 1.807) is 0 Å². The molecule has 0 aliphatic carbocycles. The zero-order chi connectivity index (χ0) is 15.8. The first-order chi connectivity index (χ1) is 10.6. The highest BCUT2D eigenvalue weighted by Gasteiger charge is 2.16. The minimum absolute atomic E-state index is 0.391. The third-order valence-electron chi connectivity index (χ3n) is 4.21. The van der Waals surface area contributed by atoms with E-state index in [2.05, 4.69) is 55.7 Å². The maximum Gasteiger partial charge on any atom is 0.191 e. The van der Waals surface area contributed by atoms with Crippen molar-refractivity contribution in [3.05, 3.63) is 35.9 Å². The maximum atomic E-state index is 5.44. The number of benzene rings is 1. The summed E-state index contributed by atoms with van der Waals surface area (Å²) in [5, 5.41) is 6.99. The van der Waals surface area contributed by atoms with Crippen LogP contribution in [-0.2, 0) is 11.3 Å². The Hall–Kier alpha value is -1.55. The summed E-state index contributed by atoms with van der Waals surface area (Å²) in [5.41, 5.74) is 1.23. The van der Waals surface area contributed by atoms with Gasteiger partial charge in [-0.3, -0.25) is 0 Å². The first-order valence-electron chi connectivity index (χ1n) is 8.31. The first-order valence-corrected chi connectivity index (χ1v) is 8.31. The number of nitrogens with zero attached hydrogens (tertiary/aromatic N) is 1. The molecular formula is C18H29N3O. The van der Waals surface area contributed by atoms with Crippen LogP contribution in [0.5, 0.6) is 0 Å². The molecule has 1 aliphatic heterocycles. The van der Waals surface area contributed by atoms with Crippen LogP contribution in [0, 0.1) is 11.8 Å². The fraction of sp³-hybridized carbons (Fsp3) is 0.611. The van der Waals surface area contributed by atoms with Crippen molar-refractivity contribution in [3.63, 3.8) is 0 Å². The number of ether oxygens (including phenoxy) is 1. The standard InChI is InChI=1S/C18H29N3O/c1-14(2)15(3)21-18(20-12-17-9-10-22-13-17)19-11-16-7-5-4-6-8-16/h4-8,14-15,17H,9-13H2,1-3H3,(H2,19,20,21). The Bertz CT molecular complexity index is 453. The highest BCUT2D eigenvalue weighted by molar-refractivity contribution is 5.80. The Kier molecular flexibility index (Phi) is 6.72. The normalized spacial score (nSPS) is 20.2. The third-order valence-corrected chi connectivity index (χ3v) is 4.21. The molecule has 1 heterocycles. The summed E-state index contributed by atoms with van der Waals surface area (Å²) in [7, 11) is 0. The van der Waals surface area contributed by atoms with Gasteiger partial charge in [0, 0.05) is 25.1 Å². The summed E-state index contributed by atoms with van der Waals surface area (Å²) in [6, 6.07) is 10.7. The molecule has 2 unspecified atom stereocenters. The second-order valence-electron chi connectivity index (χ2n) is 6.44. The number of hydrogen-bond acceptors (Lipinski definition) is 2. The van der Waals surface area contributed by atoms with Crippen molar-refractivity contribution < 1.29 is 4.74 Å². The molecule has 0 spiro atoms. The molecule has 2 rings (SSSR count). The summed E-state index contributed by atoms with van der Waals surface area (Å²) in [6.07, 6.45) is 1.14. The van der Waals surface area contributed by atoms with Crippen molar-refractivity contribution in [2.75, 3.05) is 19.8 Å². The second kappa shape index (κ2) is 8.79. The molecule has 122 valence electrons. The van der Waals surface area contributed by atoms with Crippen LogP contribution in [0.1, 0.15) is 32.8 Å². The molecule has 1 saturated heterocycles. The largest absolute Gasteiger partial charge is 0.381 e. The Morgan fingerprint density at radius 1 is 1.27 bits per heavy atom. The molecule has 4 nitrogen and oxygen atoms in total. The third kappa shape index (κ3) is 5.68. The zero-order valence-electron chi connectivity index (χ0n) is 14.0. The van der Waals surface area contributed by atoms with Gasteiger partial charge in [-0.2, -0.15) is 0 Å². The van der Waals surface area contributed by atoms with Gasteiger partial charge < -0.3 is 15.4 Å². The van der Waals surface area contributed by atoms with E-state index in [9.17, 15) is 0 Å². The molecule has 1 fully saturated rings. The van der Waals surface area contributed by atoms with Crippen LogP contribution in [0.4, 0.5) is 0 Å². The molecule has 0 bridgehead atoms. The predicted octanol–water partition coefficient (Wildman–Crippen LogP) is 2.80. The number of hydrogen-bond donors (Lipinski definition) is 2. The lowest BCUT2D eigenvalue weighted by atomic mass is 10.1. The fourth-order valence-corrected chi connectivity index (χ4v) is 2.27. The molecule has 1 aliphatic rings. The maximum absolute atomic E-state index is 5.44. The molecule has 2 atom stereocenters. The van der Waals surface area contributed by atoms with Crippen LogP contribution < -0.4 is 10.6 Å². The molecule has 0 amide bonds. The topological polar surface area (TPSA) is 45.7 Å². The Morgan fingerprint density at radius 2 is 2.05 bits per heavy atom. The molecule has 22 heavy (non-hydrogen) atoms. The molecule has 0 aromatic heterocycles. The lowest BCUT2D eigenvalue weighted by molar-refractivity contribution is 0.186.